The van der Waals surface area contributed by atoms with Crippen molar-refractivity contribution < 1.29 is 17.7 Å². The average molecular weight is 413 g/mol. The number of sulfone groups is 1. The Hall–Kier alpha value is -2.67. The summed E-state index contributed by atoms with van der Waals surface area (Å²) in [6, 6.07) is 14.9. The number of nitrogens with zero attached hydrogens (tertiary/aromatic N) is 2. The molecule has 2 heterocycles. The lowest BCUT2D eigenvalue weighted by Crippen LogP contribution is -2.39. The Balaban J connectivity index is 1.62. The van der Waals surface area contributed by atoms with Crippen LogP contribution >= 0.6 is 0 Å². The molecule has 1 saturated heterocycles. The van der Waals surface area contributed by atoms with Crippen molar-refractivity contribution in [2.45, 2.75) is 37.2 Å². The summed E-state index contributed by atoms with van der Waals surface area (Å²) in [5, 5.41) is 4.33. The van der Waals surface area contributed by atoms with Gasteiger partial charge < -0.3 is 9.42 Å². The summed E-state index contributed by atoms with van der Waals surface area (Å²) in [5.41, 5.74) is 2.07. The van der Waals surface area contributed by atoms with Gasteiger partial charge in [-0.05, 0) is 45.4 Å². The van der Waals surface area contributed by atoms with Gasteiger partial charge in [-0.1, -0.05) is 35.5 Å². The molecule has 1 aliphatic rings. The van der Waals surface area contributed by atoms with Crippen molar-refractivity contribution in [2.24, 2.45) is 0 Å². The van der Waals surface area contributed by atoms with E-state index in [1.54, 1.807) is 43.9 Å². The van der Waals surface area contributed by atoms with Gasteiger partial charge in [-0.2, -0.15) is 0 Å². The van der Waals surface area contributed by atoms with Crippen molar-refractivity contribution in [3.63, 3.8) is 0 Å². The van der Waals surface area contributed by atoms with Crippen LogP contribution in [0.15, 0.2) is 53.1 Å². The molecule has 29 heavy (non-hydrogen) atoms. The zero-order chi connectivity index (χ0) is 20.8. The number of aromatic nitrogens is 1. The van der Waals surface area contributed by atoms with Crippen molar-refractivity contribution in [3.05, 3.63) is 54.1 Å². The summed E-state index contributed by atoms with van der Waals surface area (Å²) in [6.07, 6.45) is 0.468. The molecule has 3 aromatic rings. The van der Waals surface area contributed by atoms with E-state index in [4.69, 9.17) is 4.52 Å². The zero-order valence-corrected chi connectivity index (χ0v) is 17.6. The Labute approximate surface area is 170 Å². The molecule has 4 rings (SSSR count). The first-order chi connectivity index (χ1) is 13.7. The molecule has 2 aromatic carbocycles. The Bertz CT molecular complexity index is 1160. The molecule has 0 N–H and O–H groups in total. The van der Waals surface area contributed by atoms with E-state index in [1.807, 2.05) is 30.3 Å². The maximum Gasteiger partial charge on any atom is 0.253 e. The Kier molecular flexibility index (Phi) is 4.73. The Morgan fingerprint density at radius 3 is 2.55 bits per heavy atom. The molecule has 6 nitrogen and oxygen atoms in total. The molecule has 0 bridgehead atoms. The molecule has 0 radical (unpaired) electrons. The lowest BCUT2D eigenvalue weighted by molar-refractivity contribution is 0.0793. The molecule has 0 spiro atoms. The summed E-state index contributed by atoms with van der Waals surface area (Å²) < 4.78 is 30.2. The molecular formula is C22H24N2O4S. The van der Waals surface area contributed by atoms with Gasteiger partial charge >= 0.3 is 0 Å². The lowest BCUT2D eigenvalue weighted by atomic mass is 10.1. The van der Waals surface area contributed by atoms with Crippen LogP contribution in [0.5, 0.6) is 0 Å². The van der Waals surface area contributed by atoms with Crippen LogP contribution in [0.2, 0.25) is 0 Å². The van der Waals surface area contributed by atoms with Crippen LogP contribution in [0.1, 0.15) is 37.6 Å². The number of rotatable bonds is 3. The van der Waals surface area contributed by atoms with Crippen molar-refractivity contribution in [1.82, 2.24) is 10.1 Å². The predicted molar refractivity (Wildman–Crippen MR) is 112 cm³/mol. The SMILES string of the molecule is CC(C)(C)S(=O)(=O)C1CCN(C(=O)c2ccc3noc(-c4ccccc4)c3c2)C1. The highest BCUT2D eigenvalue weighted by molar-refractivity contribution is 7.93. The monoisotopic (exact) mass is 412 g/mol. The summed E-state index contributed by atoms with van der Waals surface area (Å²) >= 11 is 0. The van der Waals surface area contributed by atoms with Gasteiger partial charge in [0, 0.05) is 24.2 Å². The van der Waals surface area contributed by atoms with Gasteiger partial charge in [0.15, 0.2) is 15.6 Å². The van der Waals surface area contributed by atoms with Gasteiger partial charge in [0.05, 0.1) is 15.4 Å². The average Bonchev–Trinajstić information content (AvgIpc) is 3.34. The summed E-state index contributed by atoms with van der Waals surface area (Å²) in [4.78, 5) is 14.7. The Morgan fingerprint density at radius 1 is 1.14 bits per heavy atom. The molecule has 1 aromatic heterocycles. The summed E-state index contributed by atoms with van der Waals surface area (Å²) in [6.45, 7) is 5.78. The fourth-order valence-corrected chi connectivity index (χ4v) is 5.51. The second-order valence-corrected chi connectivity index (χ2v) is 11.4. The largest absolute Gasteiger partial charge is 0.355 e. The number of fused-ring (bicyclic) bond motifs is 1. The van der Waals surface area contributed by atoms with Crippen LogP contribution in [-0.4, -0.2) is 47.5 Å². The minimum absolute atomic E-state index is 0.168. The second kappa shape index (κ2) is 6.99. The van der Waals surface area contributed by atoms with Crippen LogP contribution in [0.3, 0.4) is 0 Å². The molecular weight excluding hydrogens is 388 g/mol. The van der Waals surface area contributed by atoms with E-state index in [-0.39, 0.29) is 12.5 Å². The van der Waals surface area contributed by atoms with Crippen molar-refractivity contribution in [2.75, 3.05) is 13.1 Å². The van der Waals surface area contributed by atoms with Crippen LogP contribution in [0, 0.1) is 0 Å². The second-order valence-electron chi connectivity index (χ2n) is 8.43. The summed E-state index contributed by atoms with van der Waals surface area (Å²) in [7, 11) is -3.31. The highest BCUT2D eigenvalue weighted by atomic mass is 32.2. The number of hydrogen-bond donors (Lipinski definition) is 0. The number of amides is 1. The van der Waals surface area contributed by atoms with Crippen LogP contribution in [0.25, 0.3) is 22.2 Å². The van der Waals surface area contributed by atoms with E-state index in [2.05, 4.69) is 5.16 Å². The standard InChI is InChI=1S/C22H24N2O4S/c1-22(2,3)29(26,27)17-11-12-24(14-17)21(25)16-9-10-19-18(13-16)20(28-23-19)15-7-5-4-6-8-15/h4-10,13,17H,11-12,14H2,1-3H3. The predicted octanol–water partition coefficient (Wildman–Crippen LogP) is 3.92. The lowest BCUT2D eigenvalue weighted by Gasteiger charge is -2.24. The van der Waals surface area contributed by atoms with Crippen molar-refractivity contribution >= 4 is 26.6 Å². The van der Waals surface area contributed by atoms with Gasteiger partial charge in [-0.15, -0.1) is 0 Å². The molecule has 1 fully saturated rings. The molecule has 0 saturated carbocycles. The zero-order valence-electron chi connectivity index (χ0n) is 16.8. The minimum atomic E-state index is -3.31. The first-order valence-electron chi connectivity index (χ1n) is 9.66. The van der Waals surface area contributed by atoms with Crippen molar-refractivity contribution in [1.29, 1.82) is 0 Å². The fraction of sp³-hybridized carbons (Fsp3) is 0.364. The third-order valence-electron chi connectivity index (χ3n) is 5.48. The first-order valence-corrected chi connectivity index (χ1v) is 11.2. The van der Waals surface area contributed by atoms with E-state index >= 15 is 0 Å². The quantitative estimate of drug-likeness (QED) is 0.651. The van der Waals surface area contributed by atoms with E-state index < -0.39 is 19.8 Å². The number of hydrogen-bond acceptors (Lipinski definition) is 5. The third-order valence-corrected chi connectivity index (χ3v) is 8.45. The summed E-state index contributed by atoms with van der Waals surface area (Å²) in [5.74, 6) is 0.448. The molecule has 0 aliphatic carbocycles. The van der Waals surface area contributed by atoms with Gasteiger partial charge in [-0.3, -0.25) is 4.79 Å². The maximum absolute atomic E-state index is 13.1. The van der Waals surface area contributed by atoms with Gasteiger partial charge in [0.1, 0.15) is 5.52 Å². The maximum atomic E-state index is 13.1. The Morgan fingerprint density at radius 2 is 1.86 bits per heavy atom. The highest BCUT2D eigenvalue weighted by Gasteiger charge is 2.41. The smallest absolute Gasteiger partial charge is 0.253 e. The molecule has 7 heteroatoms. The van der Waals surface area contributed by atoms with Gasteiger partial charge in [0.25, 0.3) is 5.91 Å². The molecule has 1 unspecified atom stereocenters. The van der Waals surface area contributed by atoms with E-state index in [9.17, 15) is 13.2 Å². The topological polar surface area (TPSA) is 80.5 Å². The van der Waals surface area contributed by atoms with E-state index in [1.165, 1.54) is 0 Å². The minimum Gasteiger partial charge on any atom is -0.355 e. The highest BCUT2D eigenvalue weighted by Crippen LogP contribution is 2.31. The van der Waals surface area contributed by atoms with E-state index in [0.29, 0.717) is 29.8 Å². The van der Waals surface area contributed by atoms with Gasteiger partial charge in [-0.25, -0.2) is 8.42 Å². The van der Waals surface area contributed by atoms with Crippen LogP contribution in [0.4, 0.5) is 0 Å². The van der Waals surface area contributed by atoms with Gasteiger partial charge in [0.2, 0.25) is 0 Å². The fourth-order valence-electron chi connectivity index (χ4n) is 3.72. The molecule has 1 amide bonds. The van der Waals surface area contributed by atoms with E-state index in [0.717, 1.165) is 10.9 Å². The number of carbonyl (C=O) groups excluding carboxylic acids is 1. The van der Waals surface area contributed by atoms with Crippen LogP contribution < -0.4 is 0 Å². The third kappa shape index (κ3) is 3.44. The normalized spacial score (nSPS) is 17.8. The van der Waals surface area contributed by atoms with Crippen molar-refractivity contribution in [3.8, 4) is 11.3 Å². The molecule has 1 aliphatic heterocycles. The molecule has 152 valence electrons. The van der Waals surface area contributed by atoms with Crippen LogP contribution in [-0.2, 0) is 9.84 Å². The number of benzene rings is 2. The first kappa shape index (κ1) is 19.6. The number of likely N-dealkylation sites (tertiary alicyclic amines) is 1. The number of carbonyl (C=O) groups is 1. The molecule has 1 atom stereocenters.